The summed E-state index contributed by atoms with van der Waals surface area (Å²) < 4.78 is 0. The number of unbranched alkanes of at least 4 members (excludes halogenated alkanes) is 1. The molecule has 0 aromatic rings. The minimum Gasteiger partial charge on any atom is -0.389 e. The Hall–Kier alpha value is -0.340. The zero-order valence-electron chi connectivity index (χ0n) is 8.37. The van der Waals surface area contributed by atoms with Gasteiger partial charge in [-0.15, -0.1) is 0 Å². The van der Waals surface area contributed by atoms with E-state index in [9.17, 15) is 10.2 Å². The van der Waals surface area contributed by atoms with Crippen LogP contribution >= 0.6 is 0 Å². The second kappa shape index (κ2) is 4.77. The van der Waals surface area contributed by atoms with E-state index in [2.05, 4.69) is 13.5 Å². The van der Waals surface area contributed by atoms with E-state index in [0.29, 0.717) is 11.5 Å². The first-order valence-electron chi connectivity index (χ1n) is 5.21. The highest BCUT2D eigenvalue weighted by Gasteiger charge is 2.30. The second-order valence-electron chi connectivity index (χ2n) is 4.02. The molecule has 2 nitrogen and oxygen atoms in total. The lowest BCUT2D eigenvalue weighted by molar-refractivity contribution is 0.0534. The van der Waals surface area contributed by atoms with Gasteiger partial charge in [-0.25, -0.2) is 0 Å². The van der Waals surface area contributed by atoms with Gasteiger partial charge in [0.15, 0.2) is 0 Å². The standard InChI is InChI=1S/C11H20O2/c1-3-4-5-9-6-7-10(12)8(2)11(9)13/h9-13H,2-7H2,1H3. The lowest BCUT2D eigenvalue weighted by Gasteiger charge is -2.32. The average molecular weight is 184 g/mol. The van der Waals surface area contributed by atoms with E-state index in [-0.39, 0.29) is 0 Å². The van der Waals surface area contributed by atoms with E-state index >= 15 is 0 Å². The maximum absolute atomic E-state index is 9.77. The maximum atomic E-state index is 9.77. The van der Waals surface area contributed by atoms with Crippen LogP contribution in [-0.2, 0) is 0 Å². The van der Waals surface area contributed by atoms with Gasteiger partial charge in [-0.2, -0.15) is 0 Å². The predicted octanol–water partition coefficient (Wildman–Crippen LogP) is 1.86. The molecule has 13 heavy (non-hydrogen) atoms. The Morgan fingerprint density at radius 2 is 2.08 bits per heavy atom. The summed E-state index contributed by atoms with van der Waals surface area (Å²) in [6.45, 7) is 5.89. The van der Waals surface area contributed by atoms with Crippen LogP contribution in [0.3, 0.4) is 0 Å². The highest BCUT2D eigenvalue weighted by molar-refractivity contribution is 5.12. The zero-order valence-corrected chi connectivity index (χ0v) is 8.37. The molecule has 3 unspecified atom stereocenters. The fourth-order valence-electron chi connectivity index (χ4n) is 1.98. The summed E-state index contributed by atoms with van der Waals surface area (Å²) in [5, 5.41) is 19.2. The van der Waals surface area contributed by atoms with Crippen molar-refractivity contribution in [2.75, 3.05) is 0 Å². The third-order valence-electron chi connectivity index (χ3n) is 2.99. The van der Waals surface area contributed by atoms with Crippen molar-refractivity contribution in [3.05, 3.63) is 12.2 Å². The molecule has 0 radical (unpaired) electrons. The Labute approximate surface area is 80.3 Å². The van der Waals surface area contributed by atoms with Crippen LogP contribution in [0.4, 0.5) is 0 Å². The van der Waals surface area contributed by atoms with Crippen LogP contribution in [0, 0.1) is 5.92 Å². The SMILES string of the molecule is C=C1C(O)CCC(CCCC)C1O. The molecule has 1 rings (SSSR count). The minimum absolute atomic E-state index is 0.329. The predicted molar refractivity (Wildman–Crippen MR) is 53.4 cm³/mol. The molecule has 0 heterocycles. The average Bonchev–Trinajstić information content (AvgIpc) is 2.13. The number of hydrogen-bond acceptors (Lipinski definition) is 2. The Morgan fingerprint density at radius 1 is 1.38 bits per heavy atom. The molecule has 1 fully saturated rings. The van der Waals surface area contributed by atoms with Gasteiger partial charge >= 0.3 is 0 Å². The molecular formula is C11H20O2. The van der Waals surface area contributed by atoms with Crippen LogP contribution in [0.5, 0.6) is 0 Å². The van der Waals surface area contributed by atoms with Gasteiger partial charge in [0.05, 0.1) is 12.2 Å². The van der Waals surface area contributed by atoms with Crippen LogP contribution in [-0.4, -0.2) is 22.4 Å². The van der Waals surface area contributed by atoms with Crippen LogP contribution in [0.25, 0.3) is 0 Å². The number of hydrogen-bond donors (Lipinski definition) is 2. The number of aliphatic hydroxyl groups excluding tert-OH is 2. The third kappa shape index (κ3) is 2.55. The molecule has 0 aromatic heterocycles. The largest absolute Gasteiger partial charge is 0.389 e. The van der Waals surface area contributed by atoms with Gasteiger partial charge in [-0.3, -0.25) is 0 Å². The summed E-state index contributed by atoms with van der Waals surface area (Å²) in [7, 11) is 0. The lowest BCUT2D eigenvalue weighted by atomic mass is 9.79. The summed E-state index contributed by atoms with van der Waals surface area (Å²) in [6, 6.07) is 0. The molecule has 0 spiro atoms. The van der Waals surface area contributed by atoms with Crippen molar-refractivity contribution in [3.8, 4) is 0 Å². The molecule has 0 aromatic carbocycles. The Balaban J connectivity index is 2.44. The molecule has 2 N–H and O–H groups in total. The van der Waals surface area contributed by atoms with Crippen molar-refractivity contribution in [1.29, 1.82) is 0 Å². The van der Waals surface area contributed by atoms with E-state index in [4.69, 9.17) is 0 Å². The Morgan fingerprint density at radius 3 is 2.69 bits per heavy atom. The molecule has 0 saturated heterocycles. The van der Waals surface area contributed by atoms with E-state index in [1.165, 1.54) is 0 Å². The zero-order chi connectivity index (χ0) is 9.84. The van der Waals surface area contributed by atoms with Crippen molar-refractivity contribution in [2.24, 2.45) is 5.92 Å². The van der Waals surface area contributed by atoms with E-state index in [1.54, 1.807) is 0 Å². The van der Waals surface area contributed by atoms with Gasteiger partial charge in [-0.05, 0) is 30.8 Å². The molecule has 76 valence electrons. The van der Waals surface area contributed by atoms with Crippen LogP contribution in [0.1, 0.15) is 39.0 Å². The molecule has 1 saturated carbocycles. The van der Waals surface area contributed by atoms with Crippen LogP contribution < -0.4 is 0 Å². The normalized spacial score (nSPS) is 35.0. The monoisotopic (exact) mass is 184 g/mol. The molecular weight excluding hydrogens is 164 g/mol. The first kappa shape index (κ1) is 10.7. The lowest BCUT2D eigenvalue weighted by Crippen LogP contribution is -2.34. The van der Waals surface area contributed by atoms with Gasteiger partial charge in [-0.1, -0.05) is 26.3 Å². The van der Waals surface area contributed by atoms with Gasteiger partial charge < -0.3 is 10.2 Å². The number of aliphatic hydroxyl groups is 2. The van der Waals surface area contributed by atoms with E-state index < -0.39 is 12.2 Å². The van der Waals surface area contributed by atoms with Gasteiger partial charge in [0.1, 0.15) is 0 Å². The quantitative estimate of drug-likeness (QED) is 0.657. The maximum Gasteiger partial charge on any atom is 0.0800 e. The van der Waals surface area contributed by atoms with Crippen LogP contribution in [0.2, 0.25) is 0 Å². The summed E-state index contributed by atoms with van der Waals surface area (Å²) in [4.78, 5) is 0. The fraction of sp³-hybridized carbons (Fsp3) is 0.818. The Bertz CT molecular complexity index is 175. The molecule has 3 atom stereocenters. The summed E-state index contributed by atoms with van der Waals surface area (Å²) >= 11 is 0. The van der Waals surface area contributed by atoms with E-state index in [1.807, 2.05) is 0 Å². The second-order valence-corrected chi connectivity index (χ2v) is 4.02. The summed E-state index contributed by atoms with van der Waals surface area (Å²) in [5.74, 6) is 0.329. The smallest absolute Gasteiger partial charge is 0.0800 e. The summed E-state index contributed by atoms with van der Waals surface area (Å²) in [6.07, 6.45) is 4.13. The molecule has 0 amide bonds. The first-order chi connectivity index (χ1) is 6.16. The topological polar surface area (TPSA) is 40.5 Å². The molecule has 0 aliphatic heterocycles. The Kier molecular flexibility index (Phi) is 3.94. The van der Waals surface area contributed by atoms with E-state index in [0.717, 1.165) is 32.1 Å². The van der Waals surface area contributed by atoms with Crippen molar-refractivity contribution in [1.82, 2.24) is 0 Å². The summed E-state index contributed by atoms with van der Waals surface area (Å²) in [5.41, 5.74) is 0.618. The molecule has 0 bridgehead atoms. The van der Waals surface area contributed by atoms with Crippen molar-refractivity contribution in [3.63, 3.8) is 0 Å². The first-order valence-corrected chi connectivity index (χ1v) is 5.21. The van der Waals surface area contributed by atoms with Gasteiger partial charge in [0.25, 0.3) is 0 Å². The van der Waals surface area contributed by atoms with Gasteiger partial charge in [0, 0.05) is 0 Å². The van der Waals surface area contributed by atoms with Crippen molar-refractivity contribution in [2.45, 2.75) is 51.2 Å². The highest BCUT2D eigenvalue weighted by Crippen LogP contribution is 2.31. The number of rotatable bonds is 3. The van der Waals surface area contributed by atoms with Crippen molar-refractivity contribution < 1.29 is 10.2 Å². The molecule has 2 heteroatoms. The van der Waals surface area contributed by atoms with Gasteiger partial charge in [0.2, 0.25) is 0 Å². The molecule has 1 aliphatic rings. The van der Waals surface area contributed by atoms with Crippen LogP contribution in [0.15, 0.2) is 12.2 Å². The highest BCUT2D eigenvalue weighted by atomic mass is 16.3. The minimum atomic E-state index is -0.479. The van der Waals surface area contributed by atoms with Crippen molar-refractivity contribution >= 4 is 0 Å². The third-order valence-corrected chi connectivity index (χ3v) is 2.99. The molecule has 1 aliphatic carbocycles. The fourth-order valence-corrected chi connectivity index (χ4v) is 1.98.